The lowest BCUT2D eigenvalue weighted by atomic mass is 9.97. The lowest BCUT2D eigenvalue weighted by Crippen LogP contribution is -2.18. The molecule has 3 rings (SSSR count). The second-order valence-electron chi connectivity index (χ2n) is 5.98. The molecule has 2 aromatic heterocycles. The van der Waals surface area contributed by atoms with Gasteiger partial charge in [0.25, 0.3) is 0 Å². The molecular formula is C20H16N6O2S. The molecule has 8 nitrogen and oxygen atoms in total. The first-order chi connectivity index (χ1) is 14.0. The molecule has 1 aromatic carbocycles. The number of benzene rings is 1. The first-order valence-electron chi connectivity index (χ1n) is 8.54. The normalized spacial score (nSPS) is 11.2. The summed E-state index contributed by atoms with van der Waals surface area (Å²) >= 11 is 1.12. The Labute approximate surface area is 170 Å². The Kier molecular flexibility index (Phi) is 6.06. The van der Waals surface area contributed by atoms with E-state index in [9.17, 15) is 9.59 Å². The SMILES string of the molecule is C=CC(=O)Nc1ccc(-c2cccc(C(C)C(=O)Nc3ncc(C#N)s3)c2)nn1. The summed E-state index contributed by atoms with van der Waals surface area (Å²) in [5.74, 6) is -0.711. The molecule has 0 aliphatic rings. The molecule has 29 heavy (non-hydrogen) atoms. The van der Waals surface area contributed by atoms with E-state index in [1.165, 1.54) is 6.20 Å². The number of carbonyl (C=O) groups is 2. The fraction of sp³-hybridized carbons (Fsp3) is 0.100. The summed E-state index contributed by atoms with van der Waals surface area (Å²) in [6.07, 6.45) is 2.57. The fourth-order valence-corrected chi connectivity index (χ4v) is 3.06. The third kappa shape index (κ3) is 4.88. The van der Waals surface area contributed by atoms with Crippen molar-refractivity contribution in [1.82, 2.24) is 15.2 Å². The lowest BCUT2D eigenvalue weighted by Gasteiger charge is -2.12. The van der Waals surface area contributed by atoms with Crippen molar-refractivity contribution >= 4 is 34.1 Å². The van der Waals surface area contributed by atoms with Crippen molar-refractivity contribution in [2.45, 2.75) is 12.8 Å². The van der Waals surface area contributed by atoms with Crippen LogP contribution in [0.15, 0.2) is 55.3 Å². The Hall–Kier alpha value is -3.90. The zero-order valence-electron chi connectivity index (χ0n) is 15.4. The summed E-state index contributed by atoms with van der Waals surface area (Å²) in [5.41, 5.74) is 2.19. The maximum Gasteiger partial charge on any atom is 0.248 e. The Morgan fingerprint density at radius 2 is 2.07 bits per heavy atom. The summed E-state index contributed by atoms with van der Waals surface area (Å²) in [4.78, 5) is 28.3. The molecule has 2 heterocycles. The van der Waals surface area contributed by atoms with Crippen molar-refractivity contribution < 1.29 is 9.59 Å². The van der Waals surface area contributed by atoms with Gasteiger partial charge in [-0.1, -0.05) is 36.1 Å². The van der Waals surface area contributed by atoms with Gasteiger partial charge in [-0.05, 0) is 36.8 Å². The molecule has 0 saturated carbocycles. The lowest BCUT2D eigenvalue weighted by molar-refractivity contribution is -0.117. The molecule has 1 unspecified atom stereocenters. The van der Waals surface area contributed by atoms with E-state index in [0.29, 0.717) is 21.5 Å². The number of thiazole rings is 1. The minimum Gasteiger partial charge on any atom is -0.306 e. The van der Waals surface area contributed by atoms with Crippen LogP contribution in [0.1, 0.15) is 23.3 Å². The molecule has 3 aromatic rings. The van der Waals surface area contributed by atoms with Gasteiger partial charge < -0.3 is 10.6 Å². The molecule has 0 aliphatic carbocycles. The highest BCUT2D eigenvalue weighted by Crippen LogP contribution is 2.25. The largest absolute Gasteiger partial charge is 0.306 e. The molecule has 0 spiro atoms. The van der Waals surface area contributed by atoms with Crippen LogP contribution in [-0.2, 0) is 9.59 Å². The Morgan fingerprint density at radius 1 is 1.24 bits per heavy atom. The monoisotopic (exact) mass is 404 g/mol. The van der Waals surface area contributed by atoms with Crippen LogP contribution in [0.25, 0.3) is 11.3 Å². The van der Waals surface area contributed by atoms with E-state index < -0.39 is 5.92 Å². The average Bonchev–Trinajstić information content (AvgIpc) is 3.21. The number of nitrogens with one attached hydrogen (secondary N) is 2. The second kappa shape index (κ2) is 8.86. The molecule has 0 saturated heterocycles. The fourth-order valence-electron chi connectivity index (χ4n) is 2.45. The van der Waals surface area contributed by atoms with Crippen molar-refractivity contribution in [1.29, 1.82) is 5.26 Å². The highest BCUT2D eigenvalue weighted by molar-refractivity contribution is 7.16. The van der Waals surface area contributed by atoms with Crippen LogP contribution >= 0.6 is 11.3 Å². The molecule has 2 amide bonds. The molecule has 0 radical (unpaired) electrons. The number of aromatic nitrogens is 3. The Morgan fingerprint density at radius 3 is 2.72 bits per heavy atom. The number of anilines is 2. The Bertz CT molecular complexity index is 1100. The molecule has 144 valence electrons. The second-order valence-corrected chi connectivity index (χ2v) is 7.01. The molecule has 1 atom stereocenters. The van der Waals surface area contributed by atoms with Crippen LogP contribution in [0.2, 0.25) is 0 Å². The summed E-state index contributed by atoms with van der Waals surface area (Å²) < 4.78 is 0. The van der Waals surface area contributed by atoms with Crippen molar-refractivity contribution in [3.05, 3.63) is 65.7 Å². The van der Waals surface area contributed by atoms with E-state index in [-0.39, 0.29) is 11.8 Å². The van der Waals surface area contributed by atoms with Gasteiger partial charge in [-0.15, -0.1) is 10.2 Å². The van der Waals surface area contributed by atoms with Crippen LogP contribution < -0.4 is 10.6 Å². The van der Waals surface area contributed by atoms with E-state index in [0.717, 1.165) is 28.5 Å². The third-order valence-corrected chi connectivity index (χ3v) is 4.84. The standard InChI is InChI=1S/C20H16N6O2S/c1-3-18(27)23-17-8-7-16(25-26-17)14-6-4-5-13(9-14)12(2)19(28)24-20-22-11-15(10-21)29-20/h3-9,11-12H,1H2,2H3,(H,22,24,28)(H,23,26,27). The van der Waals surface area contributed by atoms with Gasteiger partial charge >= 0.3 is 0 Å². The van der Waals surface area contributed by atoms with E-state index in [4.69, 9.17) is 5.26 Å². The molecular weight excluding hydrogens is 388 g/mol. The summed E-state index contributed by atoms with van der Waals surface area (Å²) in [7, 11) is 0. The average molecular weight is 404 g/mol. The van der Waals surface area contributed by atoms with E-state index in [1.807, 2.05) is 30.3 Å². The molecule has 9 heteroatoms. The number of amides is 2. The van der Waals surface area contributed by atoms with Crippen molar-refractivity contribution in [2.75, 3.05) is 10.6 Å². The van der Waals surface area contributed by atoms with Gasteiger partial charge in [-0.2, -0.15) is 5.26 Å². The first kappa shape index (κ1) is 19.9. The number of rotatable bonds is 6. The van der Waals surface area contributed by atoms with E-state index >= 15 is 0 Å². The first-order valence-corrected chi connectivity index (χ1v) is 9.36. The summed E-state index contributed by atoms with van der Waals surface area (Å²) in [6.45, 7) is 5.17. The molecule has 0 fully saturated rings. The van der Waals surface area contributed by atoms with E-state index in [2.05, 4.69) is 32.4 Å². The Balaban J connectivity index is 1.74. The molecule has 0 bridgehead atoms. The minimum atomic E-state index is -0.441. The molecule has 0 aliphatic heterocycles. The minimum absolute atomic E-state index is 0.227. The maximum absolute atomic E-state index is 12.5. The quantitative estimate of drug-likeness (QED) is 0.608. The number of nitrogens with zero attached hydrogens (tertiary/aromatic N) is 4. The van der Waals surface area contributed by atoms with Gasteiger partial charge in [0.15, 0.2) is 10.9 Å². The van der Waals surface area contributed by atoms with Crippen LogP contribution in [0.4, 0.5) is 10.9 Å². The van der Waals surface area contributed by atoms with E-state index in [1.54, 1.807) is 19.1 Å². The number of carbonyl (C=O) groups excluding carboxylic acids is 2. The van der Waals surface area contributed by atoms with Crippen molar-refractivity contribution in [3.8, 4) is 17.3 Å². The topological polar surface area (TPSA) is 121 Å². The highest BCUT2D eigenvalue weighted by Gasteiger charge is 2.17. The van der Waals surface area contributed by atoms with Crippen molar-refractivity contribution in [2.24, 2.45) is 0 Å². The van der Waals surface area contributed by atoms with Gasteiger partial charge in [-0.25, -0.2) is 4.98 Å². The molecule has 2 N–H and O–H groups in total. The third-order valence-electron chi connectivity index (χ3n) is 4.02. The summed E-state index contributed by atoms with van der Waals surface area (Å²) in [6, 6.07) is 12.8. The highest BCUT2D eigenvalue weighted by atomic mass is 32.1. The van der Waals surface area contributed by atoms with Gasteiger partial charge in [0, 0.05) is 5.56 Å². The van der Waals surface area contributed by atoms with Gasteiger partial charge in [0.2, 0.25) is 11.8 Å². The van der Waals surface area contributed by atoms with Crippen LogP contribution in [0.5, 0.6) is 0 Å². The summed E-state index contributed by atoms with van der Waals surface area (Å²) in [5, 5.41) is 22.6. The van der Waals surface area contributed by atoms with Gasteiger partial charge in [0.1, 0.15) is 10.9 Å². The van der Waals surface area contributed by atoms with Gasteiger partial charge in [-0.3, -0.25) is 9.59 Å². The smallest absolute Gasteiger partial charge is 0.248 e. The van der Waals surface area contributed by atoms with Crippen molar-refractivity contribution in [3.63, 3.8) is 0 Å². The predicted molar refractivity (Wildman–Crippen MR) is 110 cm³/mol. The number of hydrogen-bond acceptors (Lipinski definition) is 7. The number of nitriles is 1. The number of hydrogen-bond donors (Lipinski definition) is 2. The van der Waals surface area contributed by atoms with Crippen LogP contribution in [0.3, 0.4) is 0 Å². The van der Waals surface area contributed by atoms with Crippen LogP contribution in [-0.4, -0.2) is 27.0 Å². The predicted octanol–water partition coefficient (Wildman–Crippen LogP) is 3.34. The van der Waals surface area contributed by atoms with Crippen LogP contribution in [0, 0.1) is 11.3 Å². The zero-order valence-corrected chi connectivity index (χ0v) is 16.2. The van der Waals surface area contributed by atoms with Gasteiger partial charge in [0.05, 0.1) is 17.8 Å². The maximum atomic E-state index is 12.5. The zero-order chi connectivity index (χ0) is 20.8.